The molecule has 50 heavy (non-hydrogen) atoms. The molecule has 0 saturated carbocycles. The van der Waals surface area contributed by atoms with Crippen LogP contribution in [-0.2, 0) is 14.4 Å². The number of nitrogens with zero attached hydrogens (tertiary/aromatic N) is 5. The third-order valence-electron chi connectivity index (χ3n) is 8.47. The van der Waals surface area contributed by atoms with E-state index in [9.17, 15) is 42.3 Å². The van der Waals surface area contributed by atoms with Crippen molar-refractivity contribution in [1.82, 2.24) is 30.0 Å². The van der Waals surface area contributed by atoms with Crippen molar-refractivity contribution < 1.29 is 37.5 Å². The Morgan fingerprint density at radius 1 is 1.14 bits per heavy atom. The SMILES string of the molecule is CCCCN1CN=NC1(SCC1=C(C(=O)O)N2C(=O)C(NC(=O)C(NC(=O)n3c(=O)[nH]c4ccccc43)c3ccccc3)[C@H]2SC1)C(F)(F)F. The number of halogens is 3. The molecule has 3 amide bonds. The number of fused-ring (bicyclic) bond motifs is 2. The number of para-hydroxylation sites is 2. The maximum Gasteiger partial charge on any atom is 0.439 e. The number of aromatic amines is 1. The van der Waals surface area contributed by atoms with Gasteiger partial charge in [-0.3, -0.25) is 14.5 Å². The Labute approximate surface area is 290 Å². The van der Waals surface area contributed by atoms with Crippen molar-refractivity contribution in [3.05, 3.63) is 81.9 Å². The van der Waals surface area contributed by atoms with Crippen LogP contribution in [0, 0.1) is 0 Å². The van der Waals surface area contributed by atoms with Crippen LogP contribution in [0.15, 0.2) is 80.9 Å². The Bertz CT molecular complexity index is 1950. The van der Waals surface area contributed by atoms with E-state index in [0.717, 1.165) is 26.1 Å². The van der Waals surface area contributed by atoms with E-state index in [0.29, 0.717) is 35.7 Å². The Balaban J connectivity index is 1.20. The number of thioether (sulfide) groups is 2. The zero-order valence-corrected chi connectivity index (χ0v) is 28.0. The number of H-pyrrole nitrogens is 1. The van der Waals surface area contributed by atoms with Gasteiger partial charge in [0.2, 0.25) is 5.91 Å². The molecule has 3 aliphatic rings. The van der Waals surface area contributed by atoms with Gasteiger partial charge in [-0.1, -0.05) is 55.8 Å². The highest BCUT2D eigenvalue weighted by molar-refractivity contribution is 8.01. The van der Waals surface area contributed by atoms with Crippen molar-refractivity contribution in [3.8, 4) is 0 Å². The third kappa shape index (κ3) is 6.28. The van der Waals surface area contributed by atoms with Crippen molar-refractivity contribution in [2.45, 2.75) is 48.4 Å². The molecular weight excluding hydrogens is 702 g/mol. The van der Waals surface area contributed by atoms with Gasteiger partial charge < -0.3 is 20.7 Å². The first-order chi connectivity index (χ1) is 23.9. The molecule has 4 atom stereocenters. The molecule has 4 heterocycles. The van der Waals surface area contributed by atoms with E-state index in [1.54, 1.807) is 54.6 Å². The molecule has 6 rings (SSSR count). The fraction of sp³-hybridized carbons (Fsp3) is 0.387. The molecule has 2 aromatic carbocycles. The molecular formula is C31H31F3N8O6S2. The van der Waals surface area contributed by atoms with Crippen LogP contribution in [0.3, 0.4) is 0 Å². The number of carboxylic acid groups (broad SMARTS) is 1. The minimum absolute atomic E-state index is 0.0299. The lowest BCUT2D eigenvalue weighted by molar-refractivity contribution is -0.190. The number of azo groups is 1. The summed E-state index contributed by atoms with van der Waals surface area (Å²) in [7, 11) is 0. The molecule has 4 N–H and O–H groups in total. The smallest absolute Gasteiger partial charge is 0.439 e. The van der Waals surface area contributed by atoms with Crippen LogP contribution < -0.4 is 16.3 Å². The van der Waals surface area contributed by atoms with E-state index >= 15 is 0 Å². The minimum atomic E-state index is -4.81. The summed E-state index contributed by atoms with van der Waals surface area (Å²) in [6.45, 7) is 1.69. The molecule has 3 aliphatic heterocycles. The van der Waals surface area contributed by atoms with Crippen LogP contribution >= 0.6 is 23.5 Å². The monoisotopic (exact) mass is 732 g/mol. The van der Waals surface area contributed by atoms with Gasteiger partial charge >= 0.3 is 23.9 Å². The van der Waals surface area contributed by atoms with Gasteiger partial charge in [0.1, 0.15) is 29.8 Å². The second-order valence-electron chi connectivity index (χ2n) is 11.6. The Kier molecular flexibility index (Phi) is 9.82. The average molecular weight is 733 g/mol. The van der Waals surface area contributed by atoms with Crippen molar-refractivity contribution in [1.29, 1.82) is 0 Å². The van der Waals surface area contributed by atoms with Gasteiger partial charge in [-0.15, -0.1) is 28.6 Å². The number of hydrogen-bond donors (Lipinski definition) is 4. The standard InChI is InChI=1S/C31H31F3N8O6S2/c1-2-3-13-40-16-35-39-31(40,30(32,33)34)50-15-18-14-49-26-22(25(44)42(26)23(18)27(45)46)37-24(43)21(17-9-5-4-6-10-17)38-29(48)41-20-12-8-7-11-19(20)36-28(41)47/h4-12,21-22,26H,2-3,13-16H2,1H3,(H,36,47)(H,37,43)(H,38,48)(H,45,46)/t21?,22?,26-,31?/m1/s1. The second kappa shape index (κ2) is 13.9. The van der Waals surface area contributed by atoms with Gasteiger partial charge in [0.15, 0.2) is 0 Å². The number of nitrogens with one attached hydrogen (secondary N) is 3. The number of amides is 3. The van der Waals surface area contributed by atoms with Crippen LogP contribution in [0.4, 0.5) is 18.0 Å². The van der Waals surface area contributed by atoms with Gasteiger partial charge in [0.05, 0.1) is 11.0 Å². The summed E-state index contributed by atoms with van der Waals surface area (Å²) in [5.41, 5.74) is -0.0620. The van der Waals surface area contributed by atoms with Crippen molar-refractivity contribution in [2.75, 3.05) is 24.7 Å². The zero-order valence-electron chi connectivity index (χ0n) is 26.3. The number of carbonyl (C=O) groups excluding carboxylic acids is 3. The van der Waals surface area contributed by atoms with E-state index in [1.807, 2.05) is 6.92 Å². The number of benzene rings is 2. The predicted octanol–water partition coefficient (Wildman–Crippen LogP) is 3.84. The highest BCUT2D eigenvalue weighted by Gasteiger charge is 2.63. The summed E-state index contributed by atoms with van der Waals surface area (Å²) in [5.74, 6) is -3.50. The van der Waals surface area contributed by atoms with Gasteiger partial charge in [-0.25, -0.2) is 23.9 Å². The Hall–Kier alpha value is -4.62. The van der Waals surface area contributed by atoms with Crippen molar-refractivity contribution in [2.24, 2.45) is 10.2 Å². The molecule has 0 spiro atoms. The molecule has 264 valence electrons. The van der Waals surface area contributed by atoms with Gasteiger partial charge in [0, 0.05) is 18.1 Å². The number of imidazole rings is 1. The highest BCUT2D eigenvalue weighted by Crippen LogP contribution is 2.50. The molecule has 0 radical (unpaired) electrons. The van der Waals surface area contributed by atoms with E-state index in [-0.39, 0.29) is 30.1 Å². The fourth-order valence-electron chi connectivity index (χ4n) is 5.98. The van der Waals surface area contributed by atoms with Crippen molar-refractivity contribution in [3.63, 3.8) is 0 Å². The lowest BCUT2D eigenvalue weighted by atomic mass is 10.0. The number of hydrogen-bond acceptors (Lipinski definition) is 10. The van der Waals surface area contributed by atoms with Gasteiger partial charge in [0.25, 0.3) is 10.9 Å². The summed E-state index contributed by atoms with van der Waals surface area (Å²) >= 11 is 1.50. The molecule has 1 aromatic heterocycles. The summed E-state index contributed by atoms with van der Waals surface area (Å²) in [4.78, 5) is 67.6. The third-order valence-corrected chi connectivity index (χ3v) is 11.3. The summed E-state index contributed by atoms with van der Waals surface area (Å²) < 4.78 is 44.1. The topological polar surface area (TPSA) is 182 Å². The number of carbonyl (C=O) groups is 4. The second-order valence-corrected chi connectivity index (χ2v) is 13.9. The summed E-state index contributed by atoms with van der Waals surface area (Å²) in [5, 5.41) is 21.6. The number of aliphatic carboxylic acids is 1. The molecule has 0 bridgehead atoms. The first-order valence-electron chi connectivity index (χ1n) is 15.5. The number of rotatable bonds is 11. The maximum atomic E-state index is 14.4. The van der Waals surface area contributed by atoms with Crippen LogP contribution in [-0.4, -0.2) is 95.6 Å². The van der Waals surface area contributed by atoms with Crippen LogP contribution in [0.5, 0.6) is 0 Å². The Morgan fingerprint density at radius 3 is 2.56 bits per heavy atom. The summed E-state index contributed by atoms with van der Waals surface area (Å²) in [6.07, 6.45) is -3.68. The minimum Gasteiger partial charge on any atom is -0.477 e. The molecule has 3 unspecified atom stereocenters. The molecule has 3 aromatic rings. The quantitative estimate of drug-likeness (QED) is 0.213. The maximum absolute atomic E-state index is 14.4. The highest BCUT2D eigenvalue weighted by atomic mass is 32.2. The predicted molar refractivity (Wildman–Crippen MR) is 178 cm³/mol. The van der Waals surface area contributed by atoms with E-state index in [4.69, 9.17) is 0 Å². The average Bonchev–Trinajstić information content (AvgIpc) is 3.67. The lowest BCUT2D eigenvalue weighted by Crippen LogP contribution is -2.71. The number of alkyl halides is 3. The van der Waals surface area contributed by atoms with Crippen LogP contribution in [0.25, 0.3) is 11.0 Å². The summed E-state index contributed by atoms with van der Waals surface area (Å²) in [6, 6.07) is 11.1. The van der Waals surface area contributed by atoms with Crippen LogP contribution in [0.2, 0.25) is 0 Å². The largest absolute Gasteiger partial charge is 0.477 e. The zero-order chi connectivity index (χ0) is 35.8. The molecule has 0 aliphatic carbocycles. The molecule has 14 nitrogen and oxygen atoms in total. The van der Waals surface area contributed by atoms with E-state index < -0.39 is 69.6 Å². The Morgan fingerprint density at radius 2 is 1.86 bits per heavy atom. The first kappa shape index (κ1) is 35.2. The number of β-lactam (4-membered cyclic amide) rings is 1. The normalized spacial score (nSPS) is 22.7. The molecule has 19 heteroatoms. The van der Waals surface area contributed by atoms with E-state index in [2.05, 4.69) is 25.8 Å². The number of unbranched alkanes of at least 4 members (excludes halogenated alkanes) is 1. The van der Waals surface area contributed by atoms with E-state index in [1.165, 1.54) is 0 Å². The number of carboxylic acids is 1. The number of aromatic nitrogens is 2. The fourth-order valence-corrected chi connectivity index (χ4v) is 8.68. The first-order valence-corrected chi connectivity index (χ1v) is 17.5. The molecule has 1 fully saturated rings. The van der Waals surface area contributed by atoms with Crippen LogP contribution in [0.1, 0.15) is 31.4 Å². The van der Waals surface area contributed by atoms with Crippen molar-refractivity contribution >= 4 is 58.4 Å². The lowest BCUT2D eigenvalue weighted by Gasteiger charge is -2.49. The van der Waals surface area contributed by atoms with Gasteiger partial charge in [-0.2, -0.15) is 18.3 Å². The molecule has 1 saturated heterocycles. The van der Waals surface area contributed by atoms with Gasteiger partial charge in [-0.05, 0) is 29.7 Å².